The van der Waals surface area contributed by atoms with Crippen LogP contribution in [-0.2, 0) is 25.2 Å². The fraction of sp³-hybridized carbons (Fsp3) is 0.0882. The number of allylic oxidation sites excluding steroid dienone is 2. The van der Waals surface area contributed by atoms with Crippen LogP contribution in [0, 0.1) is 23.7 Å². The van der Waals surface area contributed by atoms with Crippen molar-refractivity contribution in [3.63, 3.8) is 0 Å². The summed E-state index contributed by atoms with van der Waals surface area (Å²) < 4.78 is 6.08. The average molecular weight is 871 g/mol. The molecule has 0 amide bonds. The van der Waals surface area contributed by atoms with Crippen LogP contribution in [0.4, 0.5) is 0 Å². The molecular weight excluding hydrogens is 865 g/mol. The zero-order valence-electron chi connectivity index (χ0n) is 35.7. The Morgan fingerprint density at radius 3 is 0.479 bits per heavy atom. The van der Waals surface area contributed by atoms with Gasteiger partial charge in [-0.05, 0) is 313 Å². The van der Waals surface area contributed by atoms with Gasteiger partial charge in [-0.1, -0.05) is 12.2 Å². The fourth-order valence-corrected chi connectivity index (χ4v) is 27.1. The number of carbonyl (C=O) groups excluding carboxylic acids is 2. The van der Waals surface area contributed by atoms with Crippen molar-refractivity contribution in [1.29, 1.82) is 0 Å². The monoisotopic (exact) mass is 870 g/mol. The van der Waals surface area contributed by atoms with Crippen LogP contribution in [0.3, 0.4) is 0 Å². The smallest absolute Gasteiger partial charge is 0.318 e. The maximum atomic E-state index is 15.0. The van der Waals surface area contributed by atoms with E-state index in [0.29, 0.717) is 0 Å². The molecule has 3 nitrogen and oxygen atoms in total. The molecule has 36 rings (SSSR count). The van der Waals surface area contributed by atoms with Gasteiger partial charge in [-0.2, -0.15) is 0 Å². The summed E-state index contributed by atoms with van der Waals surface area (Å²) in [4.78, 5) is 30.0. The zero-order valence-corrected chi connectivity index (χ0v) is 35.7. The normalized spacial score (nSPS) is 27.9. The molecule has 3 heteroatoms. The summed E-state index contributed by atoms with van der Waals surface area (Å²) in [5, 5.41) is 85.1. The molecule has 4 atom stereocenters. The van der Waals surface area contributed by atoms with Crippen molar-refractivity contribution < 1.29 is 14.3 Å². The highest BCUT2D eigenvalue weighted by molar-refractivity contribution is 6.82. The lowest BCUT2D eigenvalue weighted by Gasteiger charge is -2.66. The molecule has 0 N–H and O–H groups in total. The first-order chi connectivity index (χ1) is 35.3. The van der Waals surface area contributed by atoms with Crippen molar-refractivity contribution in [3.05, 3.63) is 34.4 Å². The Labute approximate surface area is 384 Å². The van der Waals surface area contributed by atoms with Crippen LogP contribution in [0.1, 0.15) is 22.3 Å². The third kappa shape index (κ3) is 1.31. The minimum atomic E-state index is -0.581. The summed E-state index contributed by atoms with van der Waals surface area (Å²) in [6.07, 6.45) is 5.03. The highest BCUT2D eigenvalue weighted by Gasteiger charge is 2.81. The molecule has 7 aliphatic carbocycles. The summed E-state index contributed by atoms with van der Waals surface area (Å²) in [6.45, 7) is 0. The first-order valence-electron chi connectivity index (χ1n) is 26.5. The molecule has 2 bridgehead atoms. The molecule has 28 aromatic carbocycles. The molecule has 1 saturated heterocycles. The van der Waals surface area contributed by atoms with Crippen LogP contribution in [0.25, 0.3) is 291 Å². The van der Waals surface area contributed by atoms with E-state index in [0.717, 1.165) is 0 Å². The molecule has 0 aromatic heterocycles. The second kappa shape index (κ2) is 5.68. The lowest BCUT2D eigenvalue weighted by molar-refractivity contribution is -0.154. The standard InChI is InChI=1S/C68H6O3/c69-65-5-3-1-2-4(6(5)66(70)71-65)68-63-55-47-37-27-19-11-8-7-9-13-15(11)23-29-21(13)31-25-17(9)18-10(7)14-16-12(8)20(19)28-34-24(16)30-22(14)32-26(18)36-35(25)45-39(31)49-43(29)51(41(47)33(23)27)59(63)57(49)61-53(45)54-46(36)40(32)50-44(30)52-42(34)48(38(28)37)56(55)64(68)60(52)58(50)62(54)67(3,61)68/h1-6H/t3-,4+,5+,6-,67?,68?. The van der Waals surface area contributed by atoms with Gasteiger partial charge in [-0.15, -0.1) is 0 Å². The maximum Gasteiger partial charge on any atom is 0.318 e. The number of ether oxygens (including phenoxy) is 1. The lowest BCUT2D eigenvalue weighted by Crippen LogP contribution is -2.68. The highest BCUT2D eigenvalue weighted by Crippen LogP contribution is 2.88. The van der Waals surface area contributed by atoms with Crippen molar-refractivity contribution in [2.24, 2.45) is 23.7 Å². The minimum absolute atomic E-state index is 0.216. The van der Waals surface area contributed by atoms with Crippen LogP contribution >= 0.6 is 0 Å². The van der Waals surface area contributed by atoms with E-state index in [1.165, 1.54) is 0 Å². The SMILES string of the molecule is O=C1OC(=O)[C@H]2[C@@H]1[C@H]1C=C[C@@H]2C23c4c5c6c7c8c9c(c%10c%11c2c2c4c4c%12c5c5c6c6c8c8c%13c9c9c%10c%10c%11c%11c2c2c4c4c%12c%12c5c5c6c8c6c8c%13c9c9c%10c%10c%11c2c2c4c4c%12c5c6c5c8c9c%10c2c45)C713. The minimum Gasteiger partial charge on any atom is -0.393 e. The molecule has 2 fully saturated rings. The van der Waals surface area contributed by atoms with Gasteiger partial charge in [0.2, 0.25) is 0 Å². The Morgan fingerprint density at radius 2 is 0.338 bits per heavy atom. The summed E-state index contributed by atoms with van der Waals surface area (Å²) in [5.74, 6) is -1.99. The third-order valence-electron chi connectivity index (χ3n) is 26.9. The molecule has 28 aromatic rings. The number of cyclic esters (lactones) is 2. The fourth-order valence-electron chi connectivity index (χ4n) is 27.1. The summed E-state index contributed by atoms with van der Waals surface area (Å²) in [7, 11) is 0. The van der Waals surface area contributed by atoms with Gasteiger partial charge >= 0.3 is 11.9 Å². The van der Waals surface area contributed by atoms with Crippen molar-refractivity contribution in [2.75, 3.05) is 0 Å². The summed E-state index contributed by atoms with van der Waals surface area (Å²) in [5.41, 5.74) is 5.11. The van der Waals surface area contributed by atoms with Gasteiger partial charge in [-0.3, -0.25) is 9.59 Å². The van der Waals surface area contributed by atoms with Crippen LogP contribution in [0.15, 0.2) is 12.2 Å². The molecule has 2 spiro atoms. The largest absolute Gasteiger partial charge is 0.393 e. The molecule has 71 heavy (non-hydrogen) atoms. The van der Waals surface area contributed by atoms with E-state index >= 15 is 9.59 Å². The van der Waals surface area contributed by atoms with Crippen molar-refractivity contribution in [3.8, 4) is 0 Å². The third-order valence-corrected chi connectivity index (χ3v) is 26.9. The van der Waals surface area contributed by atoms with Gasteiger partial charge in [-0.25, -0.2) is 0 Å². The number of rotatable bonds is 0. The van der Waals surface area contributed by atoms with Crippen LogP contribution < -0.4 is 0 Å². The van der Waals surface area contributed by atoms with Crippen molar-refractivity contribution in [2.45, 2.75) is 10.8 Å². The molecule has 1 saturated carbocycles. The van der Waals surface area contributed by atoms with Gasteiger partial charge in [0.15, 0.2) is 0 Å². The van der Waals surface area contributed by atoms with E-state index in [4.69, 9.17) is 4.74 Å². The van der Waals surface area contributed by atoms with E-state index < -0.39 is 22.7 Å². The number of hydrogen-bond donors (Lipinski definition) is 0. The van der Waals surface area contributed by atoms with Crippen molar-refractivity contribution >= 4 is 303 Å². The first-order valence-corrected chi connectivity index (χ1v) is 26.5. The molecule has 1 aliphatic heterocycles. The summed E-state index contributed by atoms with van der Waals surface area (Å²) >= 11 is 0. The lowest BCUT2D eigenvalue weighted by atomic mass is 9.33. The van der Waals surface area contributed by atoms with E-state index in [1.807, 2.05) is 0 Å². The molecular formula is C68H6O3. The predicted molar refractivity (Wildman–Crippen MR) is 288 cm³/mol. The Bertz CT molecular complexity index is 6870. The van der Waals surface area contributed by atoms with Gasteiger partial charge < -0.3 is 4.74 Å². The Balaban J connectivity index is 1.18. The molecule has 0 radical (unpaired) electrons. The van der Waals surface area contributed by atoms with E-state index in [9.17, 15) is 0 Å². The number of hydrogen-bond acceptors (Lipinski definition) is 3. The quantitative estimate of drug-likeness (QED) is 0.0660. The second-order valence-electron chi connectivity index (χ2n) is 26.6. The maximum absolute atomic E-state index is 15.0. The highest BCUT2D eigenvalue weighted by atomic mass is 16.6. The average Bonchev–Trinajstić information content (AvgIpc) is 4.31. The summed E-state index contributed by atoms with van der Waals surface area (Å²) in [6, 6.07) is 0. The number of benzene rings is 18. The van der Waals surface area contributed by atoms with Crippen LogP contribution in [0.5, 0.6) is 0 Å². The Kier molecular flexibility index (Phi) is 2.06. The van der Waals surface area contributed by atoms with Gasteiger partial charge in [0.05, 0.1) is 11.8 Å². The van der Waals surface area contributed by atoms with Gasteiger partial charge in [0.25, 0.3) is 0 Å². The van der Waals surface area contributed by atoms with Crippen LogP contribution in [0.2, 0.25) is 0 Å². The molecule has 8 aliphatic rings. The van der Waals surface area contributed by atoms with Gasteiger partial charge in [0.1, 0.15) is 0 Å². The Morgan fingerprint density at radius 1 is 0.211 bits per heavy atom. The predicted octanol–water partition coefficient (Wildman–Crippen LogP) is 16.4. The topological polar surface area (TPSA) is 43.4 Å². The number of carbonyl (C=O) groups is 2. The zero-order chi connectivity index (χ0) is 42.1. The van der Waals surface area contributed by atoms with E-state index in [1.54, 1.807) is 313 Å². The molecule has 296 valence electrons. The van der Waals surface area contributed by atoms with E-state index in [2.05, 4.69) is 12.2 Å². The van der Waals surface area contributed by atoms with E-state index in [-0.39, 0.29) is 23.8 Å². The molecule has 1 heterocycles. The molecule has 0 unspecified atom stereocenters. The van der Waals surface area contributed by atoms with Gasteiger partial charge in [0, 0.05) is 22.7 Å². The Hall–Kier alpha value is -8.66. The first kappa shape index (κ1) is 25.8. The second-order valence-corrected chi connectivity index (χ2v) is 26.6. The van der Waals surface area contributed by atoms with Crippen molar-refractivity contribution in [1.82, 2.24) is 0 Å². The number of esters is 2. The van der Waals surface area contributed by atoms with Crippen LogP contribution in [-0.4, -0.2) is 11.9 Å².